The number of hydrogen-bond donors (Lipinski definition) is 1. The molecule has 1 aliphatic heterocycles. The predicted octanol–water partition coefficient (Wildman–Crippen LogP) is 2.46. The SMILES string of the molecule is CN1C(=O)C(C)(C)c2cc(CNC(=O)c3ccco3)ccc21. The second-order valence-corrected chi connectivity index (χ2v) is 6.00. The van der Waals surface area contributed by atoms with E-state index in [-0.39, 0.29) is 17.6 Å². The van der Waals surface area contributed by atoms with Crippen LogP contribution in [-0.2, 0) is 16.8 Å². The number of carbonyl (C=O) groups is 2. The van der Waals surface area contributed by atoms with Gasteiger partial charge in [0.1, 0.15) is 0 Å². The van der Waals surface area contributed by atoms with E-state index in [0.717, 1.165) is 16.8 Å². The Kier molecular flexibility index (Phi) is 3.28. The second kappa shape index (κ2) is 5.02. The Bertz CT molecular complexity index is 732. The van der Waals surface area contributed by atoms with E-state index in [0.29, 0.717) is 6.54 Å². The van der Waals surface area contributed by atoms with Gasteiger partial charge in [-0.05, 0) is 43.2 Å². The van der Waals surface area contributed by atoms with Gasteiger partial charge in [0.15, 0.2) is 5.76 Å². The van der Waals surface area contributed by atoms with E-state index in [1.54, 1.807) is 24.1 Å². The normalized spacial score (nSPS) is 15.8. The molecule has 5 nitrogen and oxygen atoms in total. The van der Waals surface area contributed by atoms with Crippen molar-refractivity contribution in [3.63, 3.8) is 0 Å². The molecule has 0 fully saturated rings. The van der Waals surface area contributed by atoms with Gasteiger partial charge in [-0.2, -0.15) is 0 Å². The molecule has 1 N–H and O–H groups in total. The van der Waals surface area contributed by atoms with Gasteiger partial charge in [0.2, 0.25) is 5.91 Å². The van der Waals surface area contributed by atoms with Crippen LogP contribution in [0.3, 0.4) is 0 Å². The molecule has 0 aliphatic carbocycles. The van der Waals surface area contributed by atoms with E-state index in [4.69, 9.17) is 4.42 Å². The van der Waals surface area contributed by atoms with Gasteiger partial charge >= 0.3 is 0 Å². The molecule has 0 unspecified atom stereocenters. The number of carbonyl (C=O) groups excluding carboxylic acids is 2. The van der Waals surface area contributed by atoms with Crippen LogP contribution < -0.4 is 10.2 Å². The summed E-state index contributed by atoms with van der Waals surface area (Å²) in [5, 5.41) is 2.81. The van der Waals surface area contributed by atoms with Crippen LogP contribution in [-0.4, -0.2) is 18.9 Å². The van der Waals surface area contributed by atoms with Crippen molar-refractivity contribution in [1.29, 1.82) is 0 Å². The van der Waals surface area contributed by atoms with Crippen molar-refractivity contribution in [2.24, 2.45) is 0 Å². The number of furan rings is 1. The third-order valence-electron chi connectivity index (χ3n) is 4.13. The van der Waals surface area contributed by atoms with E-state index in [1.807, 2.05) is 32.0 Å². The third kappa shape index (κ3) is 2.19. The summed E-state index contributed by atoms with van der Waals surface area (Å²) in [5.41, 5.74) is 2.33. The molecule has 114 valence electrons. The lowest BCUT2D eigenvalue weighted by molar-refractivity contribution is -0.121. The van der Waals surface area contributed by atoms with E-state index >= 15 is 0 Å². The molecular weight excluding hydrogens is 280 g/mol. The number of nitrogens with zero attached hydrogens (tertiary/aromatic N) is 1. The molecular formula is C17H18N2O3. The average molecular weight is 298 g/mol. The lowest BCUT2D eigenvalue weighted by Crippen LogP contribution is -2.33. The first kappa shape index (κ1) is 14.4. The summed E-state index contributed by atoms with van der Waals surface area (Å²) in [6, 6.07) is 9.13. The van der Waals surface area contributed by atoms with Crippen LogP contribution in [0.1, 0.15) is 35.5 Å². The first-order valence-corrected chi connectivity index (χ1v) is 7.14. The molecule has 22 heavy (non-hydrogen) atoms. The van der Waals surface area contributed by atoms with E-state index < -0.39 is 5.41 Å². The number of likely N-dealkylation sites (N-methyl/N-ethyl adjacent to an activating group) is 1. The first-order valence-electron chi connectivity index (χ1n) is 7.14. The van der Waals surface area contributed by atoms with Crippen LogP contribution in [0.25, 0.3) is 0 Å². The Morgan fingerprint density at radius 3 is 2.77 bits per heavy atom. The quantitative estimate of drug-likeness (QED) is 0.947. The lowest BCUT2D eigenvalue weighted by Gasteiger charge is -2.16. The van der Waals surface area contributed by atoms with Gasteiger partial charge < -0.3 is 14.6 Å². The number of rotatable bonds is 3. The van der Waals surface area contributed by atoms with E-state index in [1.165, 1.54) is 6.26 Å². The molecule has 2 amide bonds. The highest BCUT2D eigenvalue weighted by atomic mass is 16.3. The molecule has 1 aliphatic rings. The zero-order valence-electron chi connectivity index (χ0n) is 12.8. The molecule has 0 saturated carbocycles. The van der Waals surface area contributed by atoms with Crippen LogP contribution in [0.15, 0.2) is 41.0 Å². The zero-order valence-corrected chi connectivity index (χ0v) is 12.8. The summed E-state index contributed by atoms with van der Waals surface area (Å²) in [6.07, 6.45) is 1.47. The number of amides is 2. The number of benzene rings is 1. The highest BCUT2D eigenvalue weighted by molar-refractivity contribution is 6.07. The van der Waals surface area contributed by atoms with Gasteiger partial charge in [0.05, 0.1) is 11.7 Å². The van der Waals surface area contributed by atoms with Gasteiger partial charge in [-0.15, -0.1) is 0 Å². The van der Waals surface area contributed by atoms with E-state index in [9.17, 15) is 9.59 Å². The lowest BCUT2D eigenvalue weighted by atomic mass is 9.85. The molecule has 1 aromatic heterocycles. The fourth-order valence-corrected chi connectivity index (χ4v) is 2.81. The predicted molar refractivity (Wildman–Crippen MR) is 82.8 cm³/mol. The molecule has 2 heterocycles. The Hall–Kier alpha value is -2.56. The van der Waals surface area contributed by atoms with Crippen molar-refractivity contribution < 1.29 is 14.0 Å². The summed E-state index contributed by atoms with van der Waals surface area (Å²) in [4.78, 5) is 25.8. The largest absolute Gasteiger partial charge is 0.459 e. The number of fused-ring (bicyclic) bond motifs is 1. The molecule has 0 saturated heterocycles. The minimum atomic E-state index is -0.537. The summed E-state index contributed by atoms with van der Waals surface area (Å²) in [7, 11) is 1.79. The van der Waals surface area contributed by atoms with E-state index in [2.05, 4.69) is 5.32 Å². The van der Waals surface area contributed by atoms with Gasteiger partial charge in [-0.3, -0.25) is 9.59 Å². The Balaban J connectivity index is 1.79. The molecule has 2 aromatic rings. The molecule has 3 rings (SSSR count). The first-order chi connectivity index (χ1) is 10.4. The minimum Gasteiger partial charge on any atom is -0.459 e. The van der Waals surface area contributed by atoms with Crippen LogP contribution >= 0.6 is 0 Å². The van der Waals surface area contributed by atoms with Crippen molar-refractivity contribution in [2.75, 3.05) is 11.9 Å². The van der Waals surface area contributed by atoms with Gasteiger partial charge in [0, 0.05) is 19.3 Å². The van der Waals surface area contributed by atoms with Crippen molar-refractivity contribution >= 4 is 17.5 Å². The van der Waals surface area contributed by atoms with Crippen LogP contribution in [0.2, 0.25) is 0 Å². The molecule has 0 spiro atoms. The second-order valence-electron chi connectivity index (χ2n) is 6.00. The summed E-state index contributed by atoms with van der Waals surface area (Å²) >= 11 is 0. The minimum absolute atomic E-state index is 0.0827. The maximum Gasteiger partial charge on any atom is 0.287 e. The maximum atomic E-state index is 12.3. The Morgan fingerprint density at radius 2 is 2.09 bits per heavy atom. The fourth-order valence-electron chi connectivity index (χ4n) is 2.81. The van der Waals surface area contributed by atoms with Gasteiger partial charge in [0.25, 0.3) is 5.91 Å². The Labute approximate surface area is 128 Å². The van der Waals surface area contributed by atoms with Crippen LogP contribution in [0.5, 0.6) is 0 Å². The molecule has 5 heteroatoms. The molecule has 0 radical (unpaired) electrons. The monoisotopic (exact) mass is 298 g/mol. The van der Waals surface area contributed by atoms with Crippen molar-refractivity contribution in [3.05, 3.63) is 53.5 Å². The summed E-state index contributed by atoms with van der Waals surface area (Å²) in [6.45, 7) is 4.23. The standard InChI is InChI=1S/C17H18N2O3/c1-17(2)12-9-11(6-7-13(12)19(3)16(17)21)10-18-15(20)14-5-4-8-22-14/h4-9H,10H2,1-3H3,(H,18,20). The highest BCUT2D eigenvalue weighted by Gasteiger charge is 2.42. The smallest absolute Gasteiger partial charge is 0.287 e. The summed E-state index contributed by atoms with van der Waals surface area (Å²) < 4.78 is 5.06. The highest BCUT2D eigenvalue weighted by Crippen LogP contribution is 2.40. The topological polar surface area (TPSA) is 62.6 Å². The summed E-state index contributed by atoms with van der Waals surface area (Å²) in [5.74, 6) is 0.119. The van der Waals surface area contributed by atoms with Crippen molar-refractivity contribution in [1.82, 2.24) is 5.32 Å². The third-order valence-corrected chi connectivity index (χ3v) is 4.13. The fraction of sp³-hybridized carbons (Fsp3) is 0.294. The van der Waals surface area contributed by atoms with Gasteiger partial charge in [-0.1, -0.05) is 12.1 Å². The number of nitrogens with one attached hydrogen (secondary N) is 1. The molecule has 0 bridgehead atoms. The Morgan fingerprint density at radius 1 is 1.32 bits per heavy atom. The zero-order chi connectivity index (χ0) is 15.9. The van der Waals surface area contributed by atoms with Crippen LogP contribution in [0, 0.1) is 0 Å². The molecule has 0 atom stereocenters. The van der Waals surface area contributed by atoms with Gasteiger partial charge in [-0.25, -0.2) is 0 Å². The maximum absolute atomic E-state index is 12.3. The number of hydrogen-bond acceptors (Lipinski definition) is 3. The van der Waals surface area contributed by atoms with Crippen molar-refractivity contribution in [3.8, 4) is 0 Å². The molecule has 1 aromatic carbocycles. The average Bonchev–Trinajstić information content (AvgIpc) is 3.09. The van der Waals surface area contributed by atoms with Crippen molar-refractivity contribution in [2.45, 2.75) is 25.8 Å². The number of anilines is 1. The van der Waals surface area contributed by atoms with Crippen LogP contribution in [0.4, 0.5) is 5.69 Å².